The summed E-state index contributed by atoms with van der Waals surface area (Å²) in [6.07, 6.45) is 4.88. The van der Waals surface area contributed by atoms with Gasteiger partial charge >= 0.3 is 0 Å². The molecule has 0 unspecified atom stereocenters. The Balaban J connectivity index is 1.55. The summed E-state index contributed by atoms with van der Waals surface area (Å²) >= 11 is 0. The largest absolute Gasteiger partial charge is 0.493 e. The maximum atomic E-state index is 12.2. The molecule has 126 valence electrons. The molecular formula is C20H23NO3. The maximum Gasteiger partial charge on any atom is 0.227 e. The number of fused-ring (bicyclic) bond motifs is 1. The van der Waals surface area contributed by atoms with E-state index in [0.29, 0.717) is 24.5 Å². The van der Waals surface area contributed by atoms with E-state index in [9.17, 15) is 4.79 Å². The van der Waals surface area contributed by atoms with Gasteiger partial charge in [-0.05, 0) is 55.0 Å². The highest BCUT2D eigenvalue weighted by Gasteiger charge is 2.14. The lowest BCUT2D eigenvalue weighted by Crippen LogP contribution is -2.17. The van der Waals surface area contributed by atoms with E-state index in [0.717, 1.165) is 18.5 Å². The van der Waals surface area contributed by atoms with Gasteiger partial charge in [0.2, 0.25) is 5.91 Å². The van der Waals surface area contributed by atoms with Gasteiger partial charge in [-0.2, -0.15) is 0 Å². The molecule has 24 heavy (non-hydrogen) atoms. The van der Waals surface area contributed by atoms with Crippen molar-refractivity contribution in [2.45, 2.75) is 32.1 Å². The molecule has 1 amide bonds. The van der Waals surface area contributed by atoms with Crippen LogP contribution in [0, 0.1) is 0 Å². The van der Waals surface area contributed by atoms with Crippen LogP contribution in [-0.2, 0) is 17.6 Å². The Morgan fingerprint density at radius 2 is 1.83 bits per heavy atom. The molecule has 0 radical (unpaired) electrons. The molecule has 0 saturated heterocycles. The molecular weight excluding hydrogens is 302 g/mol. The number of rotatable bonds is 6. The minimum Gasteiger partial charge on any atom is -0.493 e. The third-order valence-corrected chi connectivity index (χ3v) is 4.33. The summed E-state index contributed by atoms with van der Waals surface area (Å²) in [6, 6.07) is 13.6. The molecule has 2 aromatic rings. The number of hydrogen-bond donors (Lipinski definition) is 1. The fourth-order valence-electron chi connectivity index (χ4n) is 3.10. The van der Waals surface area contributed by atoms with Crippen molar-refractivity contribution in [1.82, 2.24) is 0 Å². The Hall–Kier alpha value is -2.49. The quantitative estimate of drug-likeness (QED) is 0.874. The molecule has 0 aliphatic heterocycles. The lowest BCUT2D eigenvalue weighted by molar-refractivity contribution is -0.116. The summed E-state index contributed by atoms with van der Waals surface area (Å²) in [5.74, 6) is 1.31. The summed E-state index contributed by atoms with van der Waals surface area (Å²) in [4.78, 5) is 12.2. The zero-order chi connectivity index (χ0) is 16.8. The van der Waals surface area contributed by atoms with Crippen molar-refractivity contribution in [3.05, 3.63) is 53.6 Å². The number of amides is 1. The lowest BCUT2D eigenvalue weighted by Gasteiger charge is -2.19. The molecule has 0 bridgehead atoms. The van der Waals surface area contributed by atoms with E-state index in [1.807, 2.05) is 36.4 Å². The third kappa shape index (κ3) is 3.88. The number of methoxy groups -OCH3 is 1. The molecule has 0 aromatic heterocycles. The van der Waals surface area contributed by atoms with Gasteiger partial charge in [-0.15, -0.1) is 0 Å². The Bertz CT molecular complexity index is 712. The zero-order valence-electron chi connectivity index (χ0n) is 14.0. The molecule has 0 spiro atoms. The topological polar surface area (TPSA) is 47.6 Å². The SMILES string of the molecule is COc1ccccc1OCCC(=O)Nc1cccc2c1CCCC2. The molecule has 2 aromatic carbocycles. The first kappa shape index (κ1) is 16.4. The smallest absolute Gasteiger partial charge is 0.227 e. The number of aryl methyl sites for hydroxylation is 1. The number of hydrogen-bond acceptors (Lipinski definition) is 3. The minimum absolute atomic E-state index is 0.0242. The first-order valence-corrected chi connectivity index (χ1v) is 8.44. The highest BCUT2D eigenvalue weighted by molar-refractivity contribution is 5.91. The summed E-state index contributed by atoms with van der Waals surface area (Å²) < 4.78 is 10.9. The van der Waals surface area contributed by atoms with Crippen LogP contribution < -0.4 is 14.8 Å². The van der Waals surface area contributed by atoms with Crippen LogP contribution in [0.1, 0.15) is 30.4 Å². The van der Waals surface area contributed by atoms with Crippen LogP contribution in [0.5, 0.6) is 11.5 Å². The number of ether oxygens (including phenoxy) is 2. The number of carbonyl (C=O) groups is 1. The second kappa shape index (κ2) is 7.86. The van der Waals surface area contributed by atoms with Crippen molar-refractivity contribution in [3.8, 4) is 11.5 Å². The average molecular weight is 325 g/mol. The van der Waals surface area contributed by atoms with Gasteiger partial charge in [0.25, 0.3) is 0 Å². The van der Waals surface area contributed by atoms with Crippen molar-refractivity contribution < 1.29 is 14.3 Å². The highest BCUT2D eigenvalue weighted by atomic mass is 16.5. The second-order valence-corrected chi connectivity index (χ2v) is 5.95. The van der Waals surface area contributed by atoms with Gasteiger partial charge in [-0.1, -0.05) is 24.3 Å². The highest BCUT2D eigenvalue weighted by Crippen LogP contribution is 2.28. The summed E-state index contributed by atoms with van der Waals surface area (Å²) in [7, 11) is 1.60. The Morgan fingerprint density at radius 1 is 1.04 bits per heavy atom. The number of carbonyl (C=O) groups excluding carboxylic acids is 1. The second-order valence-electron chi connectivity index (χ2n) is 5.95. The standard InChI is InChI=1S/C20H23NO3/c1-23-18-11-4-5-12-19(18)24-14-13-20(22)21-17-10-6-8-15-7-2-3-9-16(15)17/h4-6,8,10-12H,2-3,7,9,13-14H2,1H3,(H,21,22). The van der Waals surface area contributed by atoms with Crippen LogP contribution in [0.25, 0.3) is 0 Å². The van der Waals surface area contributed by atoms with Crippen LogP contribution in [0.3, 0.4) is 0 Å². The fourth-order valence-corrected chi connectivity index (χ4v) is 3.10. The van der Waals surface area contributed by atoms with E-state index in [1.165, 1.54) is 24.0 Å². The van der Waals surface area contributed by atoms with Crippen molar-refractivity contribution in [2.75, 3.05) is 19.0 Å². The monoisotopic (exact) mass is 325 g/mol. The van der Waals surface area contributed by atoms with Gasteiger partial charge < -0.3 is 14.8 Å². The third-order valence-electron chi connectivity index (χ3n) is 4.33. The van der Waals surface area contributed by atoms with E-state index in [-0.39, 0.29) is 5.91 Å². The molecule has 0 fully saturated rings. The van der Waals surface area contributed by atoms with Gasteiger partial charge in [0.1, 0.15) is 0 Å². The van der Waals surface area contributed by atoms with Gasteiger partial charge in [-0.25, -0.2) is 0 Å². The van der Waals surface area contributed by atoms with E-state index < -0.39 is 0 Å². The van der Waals surface area contributed by atoms with E-state index in [4.69, 9.17) is 9.47 Å². The van der Waals surface area contributed by atoms with Crippen molar-refractivity contribution >= 4 is 11.6 Å². The lowest BCUT2D eigenvalue weighted by atomic mass is 9.90. The predicted octanol–water partition coefficient (Wildman–Crippen LogP) is 3.98. The number of anilines is 1. The Kier molecular flexibility index (Phi) is 5.36. The molecule has 0 saturated carbocycles. The summed E-state index contributed by atoms with van der Waals surface area (Å²) in [5, 5.41) is 3.03. The van der Waals surface area contributed by atoms with Crippen molar-refractivity contribution in [1.29, 1.82) is 0 Å². The summed E-state index contributed by atoms with van der Waals surface area (Å²) in [6.45, 7) is 0.321. The Morgan fingerprint density at radius 3 is 2.67 bits per heavy atom. The molecule has 1 aliphatic rings. The van der Waals surface area contributed by atoms with Gasteiger partial charge in [0.05, 0.1) is 20.1 Å². The van der Waals surface area contributed by atoms with Gasteiger partial charge in [0.15, 0.2) is 11.5 Å². The molecule has 4 nitrogen and oxygen atoms in total. The van der Waals surface area contributed by atoms with E-state index in [2.05, 4.69) is 11.4 Å². The molecule has 1 aliphatic carbocycles. The maximum absolute atomic E-state index is 12.2. The molecule has 0 atom stereocenters. The predicted molar refractivity (Wildman–Crippen MR) is 94.8 cm³/mol. The van der Waals surface area contributed by atoms with Crippen molar-refractivity contribution in [3.63, 3.8) is 0 Å². The van der Waals surface area contributed by atoms with Crippen LogP contribution in [0.15, 0.2) is 42.5 Å². The van der Waals surface area contributed by atoms with Gasteiger partial charge in [0, 0.05) is 5.69 Å². The number of benzene rings is 2. The summed E-state index contributed by atoms with van der Waals surface area (Å²) in [5.41, 5.74) is 3.61. The van der Waals surface area contributed by atoms with Crippen LogP contribution in [0.2, 0.25) is 0 Å². The zero-order valence-corrected chi connectivity index (χ0v) is 14.0. The first-order chi connectivity index (χ1) is 11.8. The van der Waals surface area contributed by atoms with E-state index in [1.54, 1.807) is 7.11 Å². The Labute approximate surface area is 142 Å². The van der Waals surface area contributed by atoms with Crippen molar-refractivity contribution in [2.24, 2.45) is 0 Å². The molecule has 1 N–H and O–H groups in total. The fraction of sp³-hybridized carbons (Fsp3) is 0.350. The molecule has 3 rings (SSSR count). The van der Waals surface area contributed by atoms with Crippen LogP contribution in [0.4, 0.5) is 5.69 Å². The molecule has 4 heteroatoms. The van der Waals surface area contributed by atoms with Gasteiger partial charge in [-0.3, -0.25) is 4.79 Å². The molecule has 0 heterocycles. The average Bonchev–Trinajstić information content (AvgIpc) is 2.62. The first-order valence-electron chi connectivity index (χ1n) is 8.44. The minimum atomic E-state index is -0.0242. The number of nitrogens with one attached hydrogen (secondary N) is 1. The normalized spacial score (nSPS) is 13.0. The van der Waals surface area contributed by atoms with Crippen LogP contribution in [-0.4, -0.2) is 19.6 Å². The number of para-hydroxylation sites is 2. The van der Waals surface area contributed by atoms with Crippen LogP contribution >= 0.6 is 0 Å². The van der Waals surface area contributed by atoms with E-state index >= 15 is 0 Å².